The van der Waals surface area contributed by atoms with Crippen LogP contribution >= 0.6 is 0 Å². The van der Waals surface area contributed by atoms with Gasteiger partial charge in [0.15, 0.2) is 11.2 Å². The summed E-state index contributed by atoms with van der Waals surface area (Å²) in [5.74, 6) is -1.24. The Morgan fingerprint density at radius 2 is 2.08 bits per heavy atom. The van der Waals surface area contributed by atoms with Crippen molar-refractivity contribution >= 4 is 16.6 Å². The van der Waals surface area contributed by atoms with E-state index >= 15 is 4.39 Å². The third kappa shape index (κ3) is 2.40. The van der Waals surface area contributed by atoms with E-state index in [-0.39, 0.29) is 34.1 Å². The van der Waals surface area contributed by atoms with Crippen LogP contribution in [0.4, 0.5) is 14.5 Å². The van der Waals surface area contributed by atoms with Crippen molar-refractivity contribution in [1.29, 1.82) is 0 Å². The first-order valence-corrected chi connectivity index (χ1v) is 8.56. The molecule has 6 heteroatoms. The molecule has 0 radical (unpaired) electrons. The molecule has 2 heterocycles. The third-order valence-electron chi connectivity index (χ3n) is 5.12. The van der Waals surface area contributed by atoms with Gasteiger partial charge in [-0.15, -0.1) is 0 Å². The number of halogens is 2. The highest BCUT2D eigenvalue weighted by molar-refractivity contribution is 5.84. The Morgan fingerprint density at radius 3 is 2.79 bits per heavy atom. The first kappa shape index (κ1) is 15.6. The molecular formula is C18H21F2N3O. The zero-order chi connectivity index (χ0) is 16.8. The van der Waals surface area contributed by atoms with Gasteiger partial charge < -0.3 is 14.8 Å². The van der Waals surface area contributed by atoms with Crippen LogP contribution in [0.15, 0.2) is 23.1 Å². The second kappa shape index (κ2) is 5.84. The fourth-order valence-corrected chi connectivity index (χ4v) is 3.85. The number of nitrogens with zero attached hydrogens (tertiary/aromatic N) is 2. The van der Waals surface area contributed by atoms with Crippen molar-refractivity contribution in [1.82, 2.24) is 9.88 Å². The van der Waals surface area contributed by atoms with Gasteiger partial charge in [-0.3, -0.25) is 4.79 Å². The van der Waals surface area contributed by atoms with E-state index in [0.29, 0.717) is 13.1 Å². The van der Waals surface area contributed by atoms with Gasteiger partial charge in [0.25, 0.3) is 0 Å². The molecule has 2 fully saturated rings. The van der Waals surface area contributed by atoms with Crippen molar-refractivity contribution in [3.8, 4) is 0 Å². The van der Waals surface area contributed by atoms with Gasteiger partial charge in [0, 0.05) is 37.4 Å². The lowest BCUT2D eigenvalue weighted by Gasteiger charge is -2.28. The highest BCUT2D eigenvalue weighted by atomic mass is 19.1. The Balaban J connectivity index is 1.93. The average Bonchev–Trinajstić information content (AvgIpc) is 3.30. The van der Waals surface area contributed by atoms with E-state index in [9.17, 15) is 9.18 Å². The molecule has 128 valence electrons. The minimum atomic E-state index is -0.645. The van der Waals surface area contributed by atoms with Gasteiger partial charge in [-0.1, -0.05) is 0 Å². The van der Waals surface area contributed by atoms with E-state index < -0.39 is 11.6 Å². The number of fused-ring (bicyclic) bond motifs is 1. The maximum Gasteiger partial charge on any atom is 0.189 e. The van der Waals surface area contributed by atoms with Gasteiger partial charge in [0.05, 0.1) is 10.9 Å². The molecule has 1 saturated heterocycles. The molecule has 24 heavy (non-hydrogen) atoms. The molecule has 1 aromatic heterocycles. The molecule has 2 aromatic rings. The van der Waals surface area contributed by atoms with Crippen molar-refractivity contribution in [2.24, 2.45) is 0 Å². The average molecular weight is 333 g/mol. The second-order valence-electron chi connectivity index (χ2n) is 6.78. The summed E-state index contributed by atoms with van der Waals surface area (Å²) >= 11 is 0. The molecule has 0 bridgehead atoms. The standard InChI is InChI=1S/C18H21F2N3O/c1-21-10-12-3-2-7-22(12)18-14(19)9-13-15(24)6-8-23(11-4-5-11)17(13)16(18)20/h6,8-9,11-12,21H,2-5,7,10H2,1H3. The van der Waals surface area contributed by atoms with Gasteiger partial charge in [-0.25, -0.2) is 8.78 Å². The zero-order valence-electron chi connectivity index (χ0n) is 13.7. The Kier molecular flexibility index (Phi) is 3.79. The van der Waals surface area contributed by atoms with Gasteiger partial charge >= 0.3 is 0 Å². The summed E-state index contributed by atoms with van der Waals surface area (Å²) in [5.41, 5.74) is -0.0730. The van der Waals surface area contributed by atoms with E-state index in [2.05, 4.69) is 5.32 Å². The maximum absolute atomic E-state index is 15.4. The molecule has 4 nitrogen and oxygen atoms in total. The predicted octanol–water partition coefficient (Wildman–Crippen LogP) is 2.80. The van der Waals surface area contributed by atoms with Crippen molar-refractivity contribution in [2.45, 2.75) is 37.8 Å². The summed E-state index contributed by atoms with van der Waals surface area (Å²) in [6.45, 7) is 1.31. The molecule has 1 saturated carbocycles. The fourth-order valence-electron chi connectivity index (χ4n) is 3.85. The third-order valence-corrected chi connectivity index (χ3v) is 5.12. The van der Waals surface area contributed by atoms with Crippen molar-refractivity contribution in [3.63, 3.8) is 0 Å². The predicted molar refractivity (Wildman–Crippen MR) is 90.7 cm³/mol. The quantitative estimate of drug-likeness (QED) is 0.935. The van der Waals surface area contributed by atoms with Crippen LogP contribution in [0.25, 0.3) is 10.9 Å². The molecular weight excluding hydrogens is 312 g/mol. The van der Waals surface area contributed by atoms with Crippen LogP contribution in [-0.2, 0) is 0 Å². The maximum atomic E-state index is 15.4. The summed E-state index contributed by atoms with van der Waals surface area (Å²) in [6.07, 6.45) is 5.39. The van der Waals surface area contributed by atoms with Crippen LogP contribution in [-0.4, -0.2) is 30.7 Å². The van der Waals surface area contributed by atoms with Crippen LogP contribution in [0.2, 0.25) is 0 Å². The van der Waals surface area contributed by atoms with E-state index in [4.69, 9.17) is 0 Å². The largest absolute Gasteiger partial charge is 0.362 e. The minimum absolute atomic E-state index is 0.0141. The van der Waals surface area contributed by atoms with E-state index in [1.165, 1.54) is 12.1 Å². The van der Waals surface area contributed by atoms with Gasteiger partial charge in [0.2, 0.25) is 0 Å². The normalized spacial score (nSPS) is 21.0. The van der Waals surface area contributed by atoms with Crippen molar-refractivity contribution < 1.29 is 8.78 Å². The molecule has 2 aliphatic rings. The number of pyridine rings is 1. The molecule has 1 aliphatic carbocycles. The number of benzene rings is 1. The lowest BCUT2D eigenvalue weighted by molar-refractivity contribution is 0.552. The minimum Gasteiger partial charge on any atom is -0.362 e. The molecule has 0 amide bonds. The number of rotatable bonds is 4. The molecule has 1 aromatic carbocycles. The molecule has 0 spiro atoms. The number of nitrogens with one attached hydrogen (secondary N) is 1. The lowest BCUT2D eigenvalue weighted by atomic mass is 10.1. The Hall–Kier alpha value is -1.95. The van der Waals surface area contributed by atoms with Crippen LogP contribution in [0.1, 0.15) is 31.7 Å². The van der Waals surface area contributed by atoms with Crippen molar-refractivity contribution in [2.75, 3.05) is 25.0 Å². The molecule has 1 N–H and O–H groups in total. The second-order valence-corrected chi connectivity index (χ2v) is 6.78. The first-order chi connectivity index (χ1) is 11.6. The zero-order valence-corrected chi connectivity index (χ0v) is 13.7. The number of anilines is 1. The van der Waals surface area contributed by atoms with E-state index in [1.54, 1.807) is 10.8 Å². The Morgan fingerprint density at radius 1 is 1.29 bits per heavy atom. The van der Waals surface area contributed by atoms with Crippen LogP contribution in [0, 0.1) is 11.6 Å². The Labute approximate surface area is 139 Å². The lowest BCUT2D eigenvalue weighted by Crippen LogP contribution is -2.38. The molecule has 1 atom stereocenters. The van der Waals surface area contributed by atoms with Gasteiger partial charge in [-0.05, 0) is 38.8 Å². The number of aromatic nitrogens is 1. The topological polar surface area (TPSA) is 37.3 Å². The number of likely N-dealkylation sites (N-methyl/N-ethyl adjacent to an activating group) is 1. The smallest absolute Gasteiger partial charge is 0.189 e. The highest BCUT2D eigenvalue weighted by Gasteiger charge is 2.32. The summed E-state index contributed by atoms with van der Waals surface area (Å²) in [7, 11) is 1.84. The SMILES string of the molecule is CNCC1CCCN1c1c(F)cc2c(=O)ccn(C3CC3)c2c1F. The summed E-state index contributed by atoms with van der Waals surface area (Å²) in [6, 6.07) is 2.90. The summed E-state index contributed by atoms with van der Waals surface area (Å²) in [4.78, 5) is 13.9. The summed E-state index contributed by atoms with van der Waals surface area (Å²) < 4.78 is 31.9. The number of hydrogen-bond acceptors (Lipinski definition) is 3. The summed E-state index contributed by atoms with van der Waals surface area (Å²) in [5, 5.41) is 3.22. The molecule has 4 rings (SSSR count). The fraction of sp³-hybridized carbons (Fsp3) is 0.500. The Bertz CT molecular complexity index is 844. The van der Waals surface area contributed by atoms with Crippen LogP contribution in [0.3, 0.4) is 0 Å². The first-order valence-electron chi connectivity index (χ1n) is 8.56. The molecule has 1 aliphatic heterocycles. The van der Waals surface area contributed by atoms with E-state index in [1.807, 2.05) is 11.9 Å². The van der Waals surface area contributed by atoms with Gasteiger partial charge in [-0.2, -0.15) is 0 Å². The monoisotopic (exact) mass is 333 g/mol. The highest BCUT2D eigenvalue weighted by Crippen LogP contribution is 2.40. The van der Waals surface area contributed by atoms with E-state index in [0.717, 1.165) is 25.7 Å². The number of hydrogen-bond donors (Lipinski definition) is 1. The van der Waals surface area contributed by atoms with Crippen LogP contribution < -0.4 is 15.6 Å². The van der Waals surface area contributed by atoms with Crippen LogP contribution in [0.5, 0.6) is 0 Å². The van der Waals surface area contributed by atoms with Crippen molar-refractivity contribution in [3.05, 3.63) is 40.2 Å². The molecule has 1 unspecified atom stereocenters. The van der Waals surface area contributed by atoms with Gasteiger partial charge in [0.1, 0.15) is 11.5 Å².